The summed E-state index contributed by atoms with van der Waals surface area (Å²) in [6, 6.07) is 8.56. The number of hydrogen-bond acceptors (Lipinski definition) is 5. The van der Waals surface area contributed by atoms with E-state index in [1.807, 2.05) is 19.1 Å². The fourth-order valence-corrected chi connectivity index (χ4v) is 2.62. The maximum Gasteiger partial charge on any atom is 0.343 e. The number of halogens is 1. The van der Waals surface area contributed by atoms with Crippen molar-refractivity contribution in [3.05, 3.63) is 45.9 Å². The minimum atomic E-state index is -0.520. The smallest absolute Gasteiger partial charge is 0.343 e. The molecule has 0 spiro atoms. The van der Waals surface area contributed by atoms with Gasteiger partial charge in [0.25, 0.3) is 0 Å². The van der Waals surface area contributed by atoms with E-state index in [-0.39, 0.29) is 0 Å². The minimum Gasteiger partial charge on any atom is -0.493 e. The Morgan fingerprint density at radius 1 is 0.913 bits per heavy atom. The molecule has 5 nitrogen and oxygen atoms in total. The monoisotopic (exact) mass is 380 g/mol. The Bertz CT molecular complexity index is 702. The SMILES string of the molecule is COc1cc(C(=O)Oc2ccc(C)cc2Br)cc(OC)c1OC. The van der Waals surface area contributed by atoms with E-state index in [0.29, 0.717) is 33.0 Å². The zero-order valence-corrected chi connectivity index (χ0v) is 14.9. The van der Waals surface area contributed by atoms with E-state index in [0.717, 1.165) is 5.56 Å². The van der Waals surface area contributed by atoms with E-state index in [9.17, 15) is 4.79 Å². The van der Waals surface area contributed by atoms with Crippen LogP contribution in [0.1, 0.15) is 15.9 Å². The van der Waals surface area contributed by atoms with Crippen LogP contribution in [0, 0.1) is 6.92 Å². The van der Waals surface area contributed by atoms with Crippen molar-refractivity contribution in [1.29, 1.82) is 0 Å². The van der Waals surface area contributed by atoms with Crippen molar-refractivity contribution in [2.24, 2.45) is 0 Å². The predicted octanol–water partition coefficient (Wildman–Crippen LogP) is 4.00. The number of methoxy groups -OCH3 is 3. The maximum atomic E-state index is 12.4. The Morgan fingerprint density at radius 2 is 1.52 bits per heavy atom. The van der Waals surface area contributed by atoms with Gasteiger partial charge >= 0.3 is 5.97 Å². The fourth-order valence-electron chi connectivity index (χ4n) is 2.05. The molecule has 0 aliphatic carbocycles. The summed E-state index contributed by atoms with van der Waals surface area (Å²) in [5.41, 5.74) is 1.36. The van der Waals surface area contributed by atoms with Crippen LogP contribution >= 0.6 is 15.9 Å². The molecule has 122 valence electrons. The molecule has 0 atom stereocenters. The summed E-state index contributed by atoms with van der Waals surface area (Å²) in [7, 11) is 4.48. The van der Waals surface area contributed by atoms with Crippen molar-refractivity contribution in [2.75, 3.05) is 21.3 Å². The molecule has 23 heavy (non-hydrogen) atoms. The van der Waals surface area contributed by atoms with Crippen molar-refractivity contribution < 1.29 is 23.7 Å². The summed E-state index contributed by atoms with van der Waals surface area (Å²) in [5.74, 6) is 1.12. The van der Waals surface area contributed by atoms with Crippen LogP contribution in [0.15, 0.2) is 34.8 Å². The Kier molecular flexibility index (Phi) is 5.50. The number of hydrogen-bond donors (Lipinski definition) is 0. The highest BCUT2D eigenvalue weighted by molar-refractivity contribution is 9.10. The van der Waals surface area contributed by atoms with Gasteiger partial charge in [0.2, 0.25) is 5.75 Å². The molecule has 0 amide bonds. The van der Waals surface area contributed by atoms with Crippen LogP contribution in [0.3, 0.4) is 0 Å². The van der Waals surface area contributed by atoms with Crippen LogP contribution < -0.4 is 18.9 Å². The maximum absolute atomic E-state index is 12.4. The van der Waals surface area contributed by atoms with E-state index in [4.69, 9.17) is 18.9 Å². The third-order valence-electron chi connectivity index (χ3n) is 3.19. The molecule has 0 unspecified atom stereocenters. The van der Waals surface area contributed by atoms with Crippen molar-refractivity contribution >= 4 is 21.9 Å². The van der Waals surface area contributed by atoms with Gasteiger partial charge in [0.05, 0.1) is 31.4 Å². The van der Waals surface area contributed by atoms with Gasteiger partial charge in [-0.15, -0.1) is 0 Å². The zero-order valence-electron chi connectivity index (χ0n) is 13.3. The molecule has 0 radical (unpaired) electrons. The van der Waals surface area contributed by atoms with Crippen LogP contribution in [-0.2, 0) is 0 Å². The first-order valence-corrected chi connectivity index (χ1v) is 7.57. The standard InChI is InChI=1S/C17H17BrO5/c1-10-5-6-13(12(18)7-10)23-17(19)11-8-14(20-2)16(22-4)15(9-11)21-3/h5-9H,1-4H3. The molecule has 2 aromatic carbocycles. The lowest BCUT2D eigenvalue weighted by Gasteiger charge is -2.14. The zero-order chi connectivity index (χ0) is 17.0. The molecule has 0 bridgehead atoms. The van der Waals surface area contributed by atoms with Gasteiger partial charge in [0, 0.05) is 0 Å². The second-order valence-corrected chi connectivity index (χ2v) is 5.59. The largest absolute Gasteiger partial charge is 0.493 e. The topological polar surface area (TPSA) is 54.0 Å². The van der Waals surface area contributed by atoms with Gasteiger partial charge in [-0.05, 0) is 52.7 Å². The highest BCUT2D eigenvalue weighted by Gasteiger charge is 2.19. The molecule has 0 aromatic heterocycles. The molecule has 0 heterocycles. The number of rotatable bonds is 5. The second kappa shape index (κ2) is 7.37. The average Bonchev–Trinajstić information content (AvgIpc) is 2.55. The van der Waals surface area contributed by atoms with Gasteiger partial charge in [-0.3, -0.25) is 0 Å². The summed E-state index contributed by atoms with van der Waals surface area (Å²) in [5, 5.41) is 0. The molecule has 0 aliphatic heterocycles. The predicted molar refractivity (Wildman–Crippen MR) is 89.9 cm³/mol. The number of benzene rings is 2. The molecule has 0 aliphatic rings. The average molecular weight is 381 g/mol. The van der Waals surface area contributed by atoms with E-state index >= 15 is 0 Å². The summed E-state index contributed by atoms with van der Waals surface area (Å²) in [4.78, 5) is 12.4. The normalized spacial score (nSPS) is 10.1. The van der Waals surface area contributed by atoms with E-state index in [1.165, 1.54) is 21.3 Å². The summed E-state index contributed by atoms with van der Waals surface area (Å²) in [6.07, 6.45) is 0. The third-order valence-corrected chi connectivity index (χ3v) is 3.81. The number of aryl methyl sites for hydroxylation is 1. The van der Waals surface area contributed by atoms with Gasteiger partial charge < -0.3 is 18.9 Å². The first kappa shape index (κ1) is 17.1. The summed E-state index contributed by atoms with van der Waals surface area (Å²) in [6.45, 7) is 1.95. The number of ether oxygens (including phenoxy) is 4. The van der Waals surface area contributed by atoms with Gasteiger partial charge in [-0.1, -0.05) is 6.07 Å². The Morgan fingerprint density at radius 3 is 2.00 bits per heavy atom. The Labute approximate surface area is 143 Å². The second-order valence-electron chi connectivity index (χ2n) is 4.74. The molecule has 2 aromatic rings. The third kappa shape index (κ3) is 3.76. The van der Waals surface area contributed by atoms with Crippen molar-refractivity contribution in [1.82, 2.24) is 0 Å². The quantitative estimate of drug-likeness (QED) is 0.579. The van der Waals surface area contributed by atoms with Gasteiger partial charge in [-0.25, -0.2) is 4.79 Å². The van der Waals surface area contributed by atoms with Crippen LogP contribution in [0.25, 0.3) is 0 Å². The number of carbonyl (C=O) groups is 1. The van der Waals surface area contributed by atoms with Crippen molar-refractivity contribution in [2.45, 2.75) is 6.92 Å². The Hall–Kier alpha value is -2.21. The molecular weight excluding hydrogens is 364 g/mol. The Balaban J connectivity index is 2.35. The van der Waals surface area contributed by atoms with Crippen molar-refractivity contribution in [3.63, 3.8) is 0 Å². The summed E-state index contributed by atoms with van der Waals surface area (Å²) >= 11 is 3.38. The van der Waals surface area contributed by atoms with Gasteiger partial charge in [0.1, 0.15) is 5.75 Å². The molecule has 0 fully saturated rings. The van der Waals surface area contributed by atoms with Gasteiger partial charge in [0.15, 0.2) is 11.5 Å². The molecule has 0 saturated heterocycles. The van der Waals surface area contributed by atoms with Gasteiger partial charge in [-0.2, -0.15) is 0 Å². The van der Waals surface area contributed by atoms with Crippen molar-refractivity contribution in [3.8, 4) is 23.0 Å². The highest BCUT2D eigenvalue weighted by Crippen LogP contribution is 2.38. The highest BCUT2D eigenvalue weighted by atomic mass is 79.9. The first-order chi connectivity index (χ1) is 11.0. The van der Waals surface area contributed by atoms with Crippen LogP contribution in [0.5, 0.6) is 23.0 Å². The van der Waals surface area contributed by atoms with E-state index < -0.39 is 5.97 Å². The molecule has 6 heteroatoms. The van der Waals surface area contributed by atoms with Crippen LogP contribution in [-0.4, -0.2) is 27.3 Å². The summed E-state index contributed by atoms with van der Waals surface area (Å²) < 4.78 is 21.8. The first-order valence-electron chi connectivity index (χ1n) is 6.78. The minimum absolute atomic E-state index is 0.298. The molecular formula is C17H17BrO5. The molecule has 2 rings (SSSR count). The van der Waals surface area contributed by atoms with E-state index in [1.54, 1.807) is 18.2 Å². The fraction of sp³-hybridized carbons (Fsp3) is 0.235. The number of carbonyl (C=O) groups excluding carboxylic acids is 1. The number of esters is 1. The lowest BCUT2D eigenvalue weighted by molar-refractivity contribution is 0.0732. The lowest BCUT2D eigenvalue weighted by Crippen LogP contribution is -2.10. The molecule has 0 saturated carbocycles. The molecule has 0 N–H and O–H groups in total. The lowest BCUT2D eigenvalue weighted by atomic mass is 10.2. The van der Waals surface area contributed by atoms with E-state index in [2.05, 4.69) is 15.9 Å². The van der Waals surface area contributed by atoms with Crippen LogP contribution in [0.4, 0.5) is 0 Å². The van der Waals surface area contributed by atoms with Crippen LogP contribution in [0.2, 0.25) is 0 Å².